The van der Waals surface area contributed by atoms with Crippen molar-refractivity contribution in [3.8, 4) is 11.5 Å². The molecule has 0 aliphatic carbocycles. The first-order valence-electron chi connectivity index (χ1n) is 9.64. The normalized spacial score (nSPS) is 17.3. The summed E-state index contributed by atoms with van der Waals surface area (Å²) >= 11 is 0. The van der Waals surface area contributed by atoms with E-state index in [9.17, 15) is 0 Å². The van der Waals surface area contributed by atoms with Crippen molar-refractivity contribution in [3.05, 3.63) is 35.4 Å². The Morgan fingerprint density at radius 3 is 2.76 bits per heavy atom. The van der Waals surface area contributed by atoms with E-state index in [1.165, 1.54) is 11.1 Å². The minimum Gasteiger partial charge on any atom is -0.493 e. The second kappa shape index (κ2) is 9.28. The van der Waals surface area contributed by atoms with Crippen LogP contribution in [0.4, 0.5) is 0 Å². The van der Waals surface area contributed by atoms with Crippen LogP contribution in [0, 0.1) is 0 Å². The van der Waals surface area contributed by atoms with Crippen LogP contribution in [-0.2, 0) is 4.74 Å². The summed E-state index contributed by atoms with van der Waals surface area (Å²) in [4.78, 5) is 0. The summed E-state index contributed by atoms with van der Waals surface area (Å²) in [5.41, 5.74) is 2.72. The Hall–Kier alpha value is -1.48. The molecule has 1 atom stereocenters. The molecule has 1 aliphatic heterocycles. The first-order chi connectivity index (χ1) is 12.0. The van der Waals surface area contributed by atoms with Gasteiger partial charge in [0.25, 0.3) is 0 Å². The van der Waals surface area contributed by atoms with Gasteiger partial charge in [0, 0.05) is 24.7 Å². The second-order valence-corrected chi connectivity index (χ2v) is 7.22. The molecule has 1 heterocycles. The van der Waals surface area contributed by atoms with Crippen LogP contribution in [0.15, 0.2) is 29.8 Å². The predicted molar refractivity (Wildman–Crippen MR) is 104 cm³/mol. The Balaban J connectivity index is 1.76. The third kappa shape index (κ3) is 5.24. The quantitative estimate of drug-likeness (QED) is 0.495. The van der Waals surface area contributed by atoms with E-state index in [-0.39, 0.29) is 5.60 Å². The molecule has 1 aromatic rings. The molecule has 1 aromatic carbocycles. The number of benzene rings is 1. The summed E-state index contributed by atoms with van der Waals surface area (Å²) in [6.07, 6.45) is 7.70. The summed E-state index contributed by atoms with van der Waals surface area (Å²) in [6, 6.07) is 6.18. The van der Waals surface area contributed by atoms with Crippen molar-refractivity contribution in [1.82, 2.24) is 0 Å². The zero-order valence-corrected chi connectivity index (χ0v) is 16.6. The SMILES string of the molecule is CCC(CC)(CCCC(C)=CCOc1ccc2c(c1)OCC2C)OC. The Morgan fingerprint density at radius 2 is 2.08 bits per heavy atom. The maximum Gasteiger partial charge on any atom is 0.126 e. The summed E-state index contributed by atoms with van der Waals surface area (Å²) in [7, 11) is 1.84. The van der Waals surface area contributed by atoms with Crippen molar-refractivity contribution in [1.29, 1.82) is 0 Å². The average molecular weight is 347 g/mol. The van der Waals surface area contributed by atoms with E-state index in [1.807, 2.05) is 19.2 Å². The van der Waals surface area contributed by atoms with Crippen molar-refractivity contribution in [2.24, 2.45) is 0 Å². The molecule has 0 fully saturated rings. The van der Waals surface area contributed by atoms with Crippen LogP contribution in [0.5, 0.6) is 11.5 Å². The third-order valence-corrected chi connectivity index (χ3v) is 5.61. The van der Waals surface area contributed by atoms with E-state index >= 15 is 0 Å². The van der Waals surface area contributed by atoms with E-state index in [1.54, 1.807) is 0 Å². The van der Waals surface area contributed by atoms with E-state index in [0.29, 0.717) is 12.5 Å². The number of allylic oxidation sites excluding steroid dienone is 1. The van der Waals surface area contributed by atoms with Crippen molar-refractivity contribution in [3.63, 3.8) is 0 Å². The molecular formula is C22H34O3. The van der Waals surface area contributed by atoms with Crippen molar-refractivity contribution in [2.75, 3.05) is 20.3 Å². The molecular weight excluding hydrogens is 312 g/mol. The Bertz CT molecular complexity index is 564. The van der Waals surface area contributed by atoms with Crippen LogP contribution in [0.1, 0.15) is 71.3 Å². The van der Waals surface area contributed by atoms with Gasteiger partial charge >= 0.3 is 0 Å². The van der Waals surface area contributed by atoms with Gasteiger partial charge in [0.1, 0.15) is 18.1 Å². The Kier molecular flexibility index (Phi) is 7.37. The van der Waals surface area contributed by atoms with Gasteiger partial charge in [0.15, 0.2) is 0 Å². The fraction of sp³-hybridized carbons (Fsp3) is 0.636. The molecule has 0 N–H and O–H groups in total. The average Bonchev–Trinajstić information content (AvgIpc) is 3.00. The zero-order valence-electron chi connectivity index (χ0n) is 16.6. The first-order valence-corrected chi connectivity index (χ1v) is 9.64. The number of hydrogen-bond acceptors (Lipinski definition) is 3. The number of hydrogen-bond donors (Lipinski definition) is 0. The lowest BCUT2D eigenvalue weighted by molar-refractivity contribution is -0.0250. The van der Waals surface area contributed by atoms with Crippen LogP contribution in [0.3, 0.4) is 0 Å². The van der Waals surface area contributed by atoms with Crippen LogP contribution in [0.2, 0.25) is 0 Å². The number of fused-ring (bicyclic) bond motifs is 1. The molecule has 3 heteroatoms. The lowest BCUT2D eigenvalue weighted by Crippen LogP contribution is -2.29. The van der Waals surface area contributed by atoms with E-state index in [4.69, 9.17) is 14.2 Å². The minimum atomic E-state index is 0.0539. The maximum atomic E-state index is 5.87. The van der Waals surface area contributed by atoms with Gasteiger partial charge in [0.2, 0.25) is 0 Å². The molecule has 1 aliphatic rings. The number of rotatable bonds is 10. The standard InChI is InChI=1S/C22H34O3/c1-6-22(7-2,23-5)13-8-9-17(3)12-14-24-19-10-11-20-18(4)16-25-21(20)15-19/h10-12,15,18H,6-9,13-14,16H2,1-5H3. The fourth-order valence-corrected chi connectivity index (χ4v) is 3.51. The highest BCUT2D eigenvalue weighted by Crippen LogP contribution is 2.36. The van der Waals surface area contributed by atoms with Crippen LogP contribution in [-0.4, -0.2) is 25.9 Å². The second-order valence-electron chi connectivity index (χ2n) is 7.22. The summed E-state index contributed by atoms with van der Waals surface area (Å²) in [5.74, 6) is 2.34. The molecule has 25 heavy (non-hydrogen) atoms. The van der Waals surface area contributed by atoms with Gasteiger partial charge in [-0.15, -0.1) is 0 Å². The van der Waals surface area contributed by atoms with Crippen molar-refractivity contribution < 1.29 is 14.2 Å². The van der Waals surface area contributed by atoms with Gasteiger partial charge in [0.05, 0.1) is 12.2 Å². The molecule has 0 amide bonds. The molecule has 0 radical (unpaired) electrons. The molecule has 0 spiro atoms. The maximum absolute atomic E-state index is 5.87. The van der Waals surface area contributed by atoms with Gasteiger partial charge in [-0.3, -0.25) is 0 Å². The van der Waals surface area contributed by atoms with E-state index in [0.717, 1.165) is 50.2 Å². The minimum absolute atomic E-state index is 0.0539. The lowest BCUT2D eigenvalue weighted by atomic mass is 9.90. The van der Waals surface area contributed by atoms with Crippen LogP contribution in [0.25, 0.3) is 0 Å². The molecule has 1 unspecified atom stereocenters. The van der Waals surface area contributed by atoms with Gasteiger partial charge in [-0.25, -0.2) is 0 Å². The summed E-state index contributed by atoms with van der Waals surface area (Å²) < 4.78 is 17.3. The van der Waals surface area contributed by atoms with Crippen molar-refractivity contribution >= 4 is 0 Å². The third-order valence-electron chi connectivity index (χ3n) is 5.61. The van der Waals surface area contributed by atoms with Gasteiger partial charge in [-0.05, 0) is 51.2 Å². The first kappa shape index (κ1) is 19.8. The monoisotopic (exact) mass is 346 g/mol. The Morgan fingerprint density at radius 1 is 1.32 bits per heavy atom. The topological polar surface area (TPSA) is 27.7 Å². The molecule has 0 aromatic heterocycles. The van der Waals surface area contributed by atoms with Crippen LogP contribution < -0.4 is 9.47 Å². The lowest BCUT2D eigenvalue weighted by Gasteiger charge is -2.30. The molecule has 2 rings (SSSR count). The highest BCUT2D eigenvalue weighted by atomic mass is 16.5. The molecule has 0 saturated heterocycles. The van der Waals surface area contributed by atoms with Gasteiger partial charge in [-0.2, -0.15) is 0 Å². The van der Waals surface area contributed by atoms with E-state index < -0.39 is 0 Å². The Labute approximate surface area is 153 Å². The summed E-state index contributed by atoms with van der Waals surface area (Å²) in [6.45, 7) is 10.2. The molecule has 140 valence electrons. The largest absolute Gasteiger partial charge is 0.493 e. The van der Waals surface area contributed by atoms with Crippen molar-refractivity contribution in [2.45, 2.75) is 71.3 Å². The van der Waals surface area contributed by atoms with Crippen LogP contribution >= 0.6 is 0 Å². The number of methoxy groups -OCH3 is 1. The molecule has 0 bridgehead atoms. The highest BCUT2D eigenvalue weighted by Gasteiger charge is 2.24. The highest BCUT2D eigenvalue weighted by molar-refractivity contribution is 5.45. The van der Waals surface area contributed by atoms with Gasteiger partial charge in [-0.1, -0.05) is 32.4 Å². The smallest absolute Gasteiger partial charge is 0.126 e. The predicted octanol–water partition coefficient (Wildman–Crippen LogP) is 5.88. The molecule has 0 saturated carbocycles. The number of ether oxygens (including phenoxy) is 3. The molecule has 3 nitrogen and oxygen atoms in total. The fourth-order valence-electron chi connectivity index (χ4n) is 3.51. The summed E-state index contributed by atoms with van der Waals surface area (Å²) in [5, 5.41) is 0. The zero-order chi connectivity index (χ0) is 18.3. The van der Waals surface area contributed by atoms with Gasteiger partial charge < -0.3 is 14.2 Å². The van der Waals surface area contributed by atoms with E-state index in [2.05, 4.69) is 39.8 Å².